The molecule has 0 atom stereocenters. The molecular weight excluding hydrogens is 244 g/mol. The van der Waals surface area contributed by atoms with Crippen LogP contribution in [0.1, 0.15) is 39.2 Å². The van der Waals surface area contributed by atoms with Crippen LogP contribution in [-0.4, -0.2) is 27.2 Å². The van der Waals surface area contributed by atoms with E-state index in [4.69, 9.17) is 12.2 Å². The van der Waals surface area contributed by atoms with Crippen molar-refractivity contribution in [1.29, 1.82) is 0 Å². The summed E-state index contributed by atoms with van der Waals surface area (Å²) in [6, 6.07) is 0. The van der Waals surface area contributed by atoms with Crippen molar-refractivity contribution >= 4 is 17.9 Å². The van der Waals surface area contributed by atoms with Gasteiger partial charge in [0.25, 0.3) is 0 Å². The van der Waals surface area contributed by atoms with Crippen molar-refractivity contribution in [2.24, 2.45) is 0 Å². The van der Waals surface area contributed by atoms with Gasteiger partial charge in [-0.15, -0.1) is 0 Å². The zero-order valence-corrected chi connectivity index (χ0v) is 12.9. The number of anilines is 1. The second kappa shape index (κ2) is 5.93. The Bertz CT molecular complexity index is 467. The van der Waals surface area contributed by atoms with Crippen molar-refractivity contribution < 1.29 is 0 Å². The number of unbranched alkanes of at least 4 members (excludes halogenated alkanes) is 1. The van der Waals surface area contributed by atoms with E-state index in [2.05, 4.69) is 31.0 Å². The minimum atomic E-state index is -0.0421. The first-order chi connectivity index (χ1) is 8.30. The summed E-state index contributed by atoms with van der Waals surface area (Å²) in [4.78, 5) is 14.0. The third-order valence-electron chi connectivity index (χ3n) is 3.19. The molecule has 1 rings (SSSR count). The van der Waals surface area contributed by atoms with Crippen molar-refractivity contribution in [2.75, 3.05) is 32.1 Å². The molecule has 0 unspecified atom stereocenters. The molecule has 0 aromatic heterocycles. The zero-order valence-electron chi connectivity index (χ0n) is 12.1. The lowest BCUT2D eigenvalue weighted by Gasteiger charge is -2.30. The Kier molecular flexibility index (Phi) is 5.05. The lowest BCUT2D eigenvalue weighted by atomic mass is 9.82. The first kappa shape index (κ1) is 15.3. The normalized spacial score (nSPS) is 12.1. The van der Waals surface area contributed by atoms with E-state index in [1.54, 1.807) is 0 Å². The van der Waals surface area contributed by atoms with Crippen LogP contribution in [0.4, 0.5) is 5.69 Å². The van der Waals surface area contributed by atoms with E-state index in [0.29, 0.717) is 4.51 Å². The van der Waals surface area contributed by atoms with Gasteiger partial charge in [0.2, 0.25) is 5.43 Å². The number of hydrogen-bond donors (Lipinski definition) is 1. The van der Waals surface area contributed by atoms with Gasteiger partial charge in [0, 0.05) is 19.2 Å². The van der Waals surface area contributed by atoms with E-state index in [0.717, 1.165) is 37.2 Å². The van der Waals surface area contributed by atoms with E-state index in [1.807, 2.05) is 14.1 Å². The quantitative estimate of drug-likeness (QED) is 0.634. The fourth-order valence-electron chi connectivity index (χ4n) is 2.20. The van der Waals surface area contributed by atoms with E-state index in [1.165, 1.54) is 0 Å². The van der Waals surface area contributed by atoms with Gasteiger partial charge in [0.15, 0.2) is 0 Å². The van der Waals surface area contributed by atoms with Crippen LogP contribution >= 0.6 is 12.2 Å². The summed E-state index contributed by atoms with van der Waals surface area (Å²) >= 11 is 5.18. The van der Waals surface area contributed by atoms with Crippen LogP contribution in [-0.2, 0) is 5.41 Å². The Morgan fingerprint density at radius 3 is 2.39 bits per heavy atom. The Hall–Kier alpha value is -0.740. The maximum atomic E-state index is 11.9. The van der Waals surface area contributed by atoms with Gasteiger partial charge >= 0.3 is 0 Å². The van der Waals surface area contributed by atoms with Gasteiger partial charge < -0.3 is 10.2 Å². The summed E-state index contributed by atoms with van der Waals surface area (Å²) in [5.41, 5.74) is 1.89. The van der Waals surface area contributed by atoms with E-state index < -0.39 is 0 Å². The highest BCUT2D eigenvalue weighted by atomic mass is 32.1. The molecule has 0 heterocycles. The Balaban J connectivity index is 2.75. The molecule has 0 saturated carbocycles. The molecule has 0 aliphatic rings. The summed E-state index contributed by atoms with van der Waals surface area (Å²) in [5, 5.41) is 3.13. The van der Waals surface area contributed by atoms with Crippen LogP contribution in [0, 0.1) is 4.51 Å². The molecule has 0 aliphatic carbocycles. The highest BCUT2D eigenvalue weighted by Gasteiger charge is 2.29. The molecule has 1 aromatic rings. The Morgan fingerprint density at radius 2 is 1.89 bits per heavy atom. The third kappa shape index (κ3) is 3.18. The highest BCUT2D eigenvalue weighted by molar-refractivity contribution is 7.71. The van der Waals surface area contributed by atoms with Gasteiger partial charge in [0.05, 0.1) is 10.2 Å². The molecule has 0 fully saturated rings. The molecule has 0 spiro atoms. The fraction of sp³-hybridized carbons (Fsp3) is 0.714. The van der Waals surface area contributed by atoms with Crippen molar-refractivity contribution in [3.8, 4) is 0 Å². The molecule has 102 valence electrons. The average Bonchev–Trinajstić information content (AvgIpc) is 2.28. The minimum absolute atomic E-state index is 0.0421. The van der Waals surface area contributed by atoms with Crippen molar-refractivity contribution in [3.05, 3.63) is 20.3 Å². The van der Waals surface area contributed by atoms with Crippen LogP contribution in [0.5, 0.6) is 0 Å². The lowest BCUT2D eigenvalue weighted by Crippen LogP contribution is -2.35. The van der Waals surface area contributed by atoms with Crippen molar-refractivity contribution in [2.45, 2.75) is 39.0 Å². The van der Waals surface area contributed by atoms with Gasteiger partial charge in [0.1, 0.15) is 0 Å². The van der Waals surface area contributed by atoms with Crippen LogP contribution in [0.15, 0.2) is 4.79 Å². The predicted molar refractivity (Wildman–Crippen MR) is 81.0 cm³/mol. The molecule has 1 aromatic carbocycles. The largest absolute Gasteiger partial charge is 0.371 e. The minimum Gasteiger partial charge on any atom is -0.371 e. The van der Waals surface area contributed by atoms with Crippen molar-refractivity contribution in [1.82, 2.24) is 5.32 Å². The third-order valence-corrected chi connectivity index (χ3v) is 3.58. The van der Waals surface area contributed by atoms with Gasteiger partial charge in [-0.1, -0.05) is 33.0 Å². The molecule has 18 heavy (non-hydrogen) atoms. The van der Waals surface area contributed by atoms with Crippen LogP contribution in [0.3, 0.4) is 0 Å². The summed E-state index contributed by atoms with van der Waals surface area (Å²) in [6.45, 7) is 8.25. The smallest absolute Gasteiger partial charge is 0.220 e. The Labute approximate surface area is 115 Å². The SMILES string of the molecule is CNCCCCN(C)c1c(C(C)(C)C)c(=S)c1=O. The monoisotopic (exact) mass is 268 g/mol. The summed E-state index contributed by atoms with van der Waals surface area (Å²) < 4.78 is 0.527. The zero-order chi connectivity index (χ0) is 13.9. The molecule has 1 N–H and O–H groups in total. The number of nitrogens with one attached hydrogen (secondary N) is 1. The first-order valence-electron chi connectivity index (χ1n) is 6.50. The molecule has 0 radical (unpaired) electrons. The maximum absolute atomic E-state index is 11.9. The molecule has 0 amide bonds. The summed E-state index contributed by atoms with van der Waals surface area (Å²) in [5.74, 6) is 0. The molecule has 3 nitrogen and oxygen atoms in total. The molecule has 0 bridgehead atoms. The maximum Gasteiger partial charge on any atom is 0.220 e. The second-order valence-electron chi connectivity index (χ2n) is 5.86. The second-order valence-corrected chi connectivity index (χ2v) is 6.27. The predicted octanol–water partition coefficient (Wildman–Crippen LogP) is 2.39. The van der Waals surface area contributed by atoms with E-state index in [9.17, 15) is 4.79 Å². The van der Waals surface area contributed by atoms with Crippen LogP contribution in [0.2, 0.25) is 0 Å². The highest BCUT2D eigenvalue weighted by Crippen LogP contribution is 2.32. The van der Waals surface area contributed by atoms with Gasteiger partial charge in [-0.2, -0.15) is 0 Å². The topological polar surface area (TPSA) is 32.3 Å². The van der Waals surface area contributed by atoms with Crippen LogP contribution in [0.25, 0.3) is 0 Å². The first-order valence-corrected chi connectivity index (χ1v) is 6.91. The standard InChI is InChI=1S/C14H24N2OS/c1-14(2,3)10-11(12(17)13(10)18)16(5)9-7-6-8-15-4/h15H,6-9H2,1-5H3. The number of hydrogen-bond acceptors (Lipinski definition) is 4. The van der Waals surface area contributed by atoms with E-state index >= 15 is 0 Å². The summed E-state index contributed by atoms with van der Waals surface area (Å²) in [7, 11) is 3.94. The average molecular weight is 268 g/mol. The molecular formula is C14H24N2OS. The molecule has 0 saturated heterocycles. The van der Waals surface area contributed by atoms with Crippen LogP contribution < -0.4 is 15.6 Å². The van der Waals surface area contributed by atoms with Crippen molar-refractivity contribution in [3.63, 3.8) is 0 Å². The number of rotatable bonds is 6. The summed E-state index contributed by atoms with van der Waals surface area (Å²) in [6.07, 6.45) is 2.20. The fourth-order valence-corrected chi connectivity index (χ4v) is 2.70. The molecule has 4 heteroatoms. The van der Waals surface area contributed by atoms with E-state index in [-0.39, 0.29) is 10.8 Å². The van der Waals surface area contributed by atoms with Gasteiger partial charge in [-0.05, 0) is 31.8 Å². The Morgan fingerprint density at radius 1 is 1.28 bits per heavy atom. The number of nitrogens with zero attached hydrogens (tertiary/aromatic N) is 1. The lowest BCUT2D eigenvalue weighted by molar-refractivity contribution is 0.577. The van der Waals surface area contributed by atoms with Gasteiger partial charge in [-0.25, -0.2) is 0 Å². The molecule has 0 aliphatic heterocycles. The van der Waals surface area contributed by atoms with Gasteiger partial charge in [-0.3, -0.25) is 4.79 Å².